The van der Waals surface area contributed by atoms with Crippen molar-refractivity contribution in [2.45, 2.75) is 32.4 Å². The molecule has 2 aliphatic rings. The number of Topliss-reactive ketones (excluding diaryl/α,β-unsaturated/α-hetero) is 1. The maximum Gasteiger partial charge on any atom is 0.295 e. The Labute approximate surface area is 215 Å². The third-order valence-corrected chi connectivity index (χ3v) is 6.44. The highest BCUT2D eigenvalue weighted by Gasteiger charge is 2.46. The fourth-order valence-electron chi connectivity index (χ4n) is 4.71. The van der Waals surface area contributed by atoms with Gasteiger partial charge in [-0.2, -0.15) is 0 Å². The van der Waals surface area contributed by atoms with Gasteiger partial charge in [0.2, 0.25) is 0 Å². The van der Waals surface area contributed by atoms with Gasteiger partial charge in [0.25, 0.3) is 11.7 Å². The van der Waals surface area contributed by atoms with Crippen LogP contribution in [-0.4, -0.2) is 47.6 Å². The third kappa shape index (κ3) is 5.08. The summed E-state index contributed by atoms with van der Waals surface area (Å²) in [5.41, 5.74) is 2.13. The van der Waals surface area contributed by atoms with E-state index >= 15 is 0 Å². The lowest BCUT2D eigenvalue weighted by molar-refractivity contribution is -0.140. The number of hydrogen-bond donors (Lipinski definition) is 1. The monoisotopic (exact) mass is 499 g/mol. The van der Waals surface area contributed by atoms with Crippen LogP contribution in [0.1, 0.15) is 36.6 Å². The number of aliphatic hydroxyl groups excluding tert-OH is 1. The predicted octanol–water partition coefficient (Wildman–Crippen LogP) is 5.26. The van der Waals surface area contributed by atoms with Gasteiger partial charge in [-0.1, -0.05) is 30.3 Å². The van der Waals surface area contributed by atoms with Crippen molar-refractivity contribution in [1.29, 1.82) is 0 Å². The number of nitrogens with zero attached hydrogens (tertiary/aromatic N) is 1. The largest absolute Gasteiger partial charge is 0.507 e. The number of rotatable bonds is 8. The quantitative estimate of drug-likeness (QED) is 0.259. The van der Waals surface area contributed by atoms with E-state index in [1.165, 1.54) is 4.90 Å². The molecule has 1 unspecified atom stereocenters. The SMILES string of the molecule is CC(C)OCCN1C(=O)C(=O)/C(=C(\O)c2ccc3c(c2)CCO3)C1c1cccc(Oc2ccccc2)c1. The van der Waals surface area contributed by atoms with Crippen molar-refractivity contribution in [3.05, 3.63) is 95.1 Å². The highest BCUT2D eigenvalue weighted by atomic mass is 16.5. The summed E-state index contributed by atoms with van der Waals surface area (Å²) < 4.78 is 17.3. The van der Waals surface area contributed by atoms with Crippen molar-refractivity contribution in [3.8, 4) is 17.2 Å². The van der Waals surface area contributed by atoms with E-state index in [9.17, 15) is 14.7 Å². The summed E-state index contributed by atoms with van der Waals surface area (Å²) in [6.07, 6.45) is 0.700. The van der Waals surface area contributed by atoms with E-state index in [2.05, 4.69) is 0 Å². The highest BCUT2D eigenvalue weighted by Crippen LogP contribution is 2.41. The minimum atomic E-state index is -0.792. The van der Waals surface area contributed by atoms with Gasteiger partial charge in [-0.15, -0.1) is 0 Å². The molecule has 0 bridgehead atoms. The van der Waals surface area contributed by atoms with Crippen molar-refractivity contribution in [3.63, 3.8) is 0 Å². The molecule has 190 valence electrons. The van der Waals surface area contributed by atoms with E-state index < -0.39 is 17.7 Å². The number of carbonyl (C=O) groups excluding carboxylic acids is 2. The van der Waals surface area contributed by atoms with Gasteiger partial charge in [0.15, 0.2) is 0 Å². The molecule has 2 aliphatic heterocycles. The Morgan fingerprint density at radius 1 is 1.03 bits per heavy atom. The van der Waals surface area contributed by atoms with Crippen LogP contribution in [0.4, 0.5) is 0 Å². The van der Waals surface area contributed by atoms with Gasteiger partial charge < -0.3 is 24.2 Å². The Morgan fingerprint density at radius 2 is 1.81 bits per heavy atom. The molecule has 5 rings (SSSR count). The average Bonchev–Trinajstić information content (AvgIpc) is 3.46. The molecule has 1 saturated heterocycles. The van der Waals surface area contributed by atoms with Gasteiger partial charge >= 0.3 is 0 Å². The van der Waals surface area contributed by atoms with Crippen molar-refractivity contribution >= 4 is 17.4 Å². The van der Waals surface area contributed by atoms with Crippen LogP contribution in [0.15, 0.2) is 78.4 Å². The van der Waals surface area contributed by atoms with Crippen molar-refractivity contribution < 1.29 is 28.9 Å². The molecule has 0 aliphatic carbocycles. The maximum absolute atomic E-state index is 13.3. The second kappa shape index (κ2) is 10.5. The number of hydrogen-bond acceptors (Lipinski definition) is 6. The Morgan fingerprint density at radius 3 is 2.59 bits per heavy atom. The van der Waals surface area contributed by atoms with Crippen molar-refractivity contribution in [1.82, 2.24) is 4.90 Å². The number of ketones is 1. The van der Waals surface area contributed by atoms with Crippen molar-refractivity contribution in [2.75, 3.05) is 19.8 Å². The predicted molar refractivity (Wildman–Crippen MR) is 139 cm³/mol. The smallest absolute Gasteiger partial charge is 0.295 e. The van der Waals surface area contributed by atoms with Gasteiger partial charge in [-0.3, -0.25) is 9.59 Å². The molecule has 37 heavy (non-hydrogen) atoms. The first-order valence-corrected chi connectivity index (χ1v) is 12.4. The van der Waals surface area contributed by atoms with E-state index in [1.54, 1.807) is 18.2 Å². The topological polar surface area (TPSA) is 85.3 Å². The van der Waals surface area contributed by atoms with Crippen molar-refractivity contribution in [2.24, 2.45) is 0 Å². The van der Waals surface area contributed by atoms with Crippen LogP contribution in [0.5, 0.6) is 17.2 Å². The highest BCUT2D eigenvalue weighted by molar-refractivity contribution is 6.46. The van der Waals surface area contributed by atoms with E-state index in [0.717, 1.165) is 17.7 Å². The first kappa shape index (κ1) is 24.6. The Kier molecular flexibility index (Phi) is 6.97. The molecule has 0 spiro atoms. The Bertz CT molecular complexity index is 1350. The lowest BCUT2D eigenvalue weighted by Gasteiger charge is -2.26. The lowest BCUT2D eigenvalue weighted by Crippen LogP contribution is -2.33. The number of ether oxygens (including phenoxy) is 3. The Balaban J connectivity index is 1.56. The number of aliphatic hydroxyl groups is 1. The molecule has 3 aromatic rings. The molecule has 0 aromatic heterocycles. The molecular weight excluding hydrogens is 470 g/mol. The number of fused-ring (bicyclic) bond motifs is 1. The van der Waals surface area contributed by atoms with Crippen LogP contribution >= 0.6 is 0 Å². The number of amides is 1. The first-order valence-electron chi connectivity index (χ1n) is 12.4. The van der Waals surface area contributed by atoms with E-state index in [1.807, 2.05) is 68.4 Å². The molecule has 7 heteroatoms. The van der Waals surface area contributed by atoms with Gasteiger partial charge in [0.1, 0.15) is 23.0 Å². The van der Waals surface area contributed by atoms with Gasteiger partial charge in [-0.05, 0) is 67.4 Å². The molecule has 2 heterocycles. The van der Waals surface area contributed by atoms with Crippen LogP contribution in [0.25, 0.3) is 5.76 Å². The second-order valence-electron chi connectivity index (χ2n) is 9.32. The van der Waals surface area contributed by atoms with Crippen LogP contribution in [0.2, 0.25) is 0 Å². The third-order valence-electron chi connectivity index (χ3n) is 6.44. The standard InChI is InChI=1S/C30H29NO6/c1-19(2)35-16-14-31-27(21-7-6-10-24(18-21)37-23-8-4-3-5-9-23)26(29(33)30(31)34)28(32)22-11-12-25-20(17-22)13-15-36-25/h3-12,17-19,27,32H,13-16H2,1-2H3/b28-26-. The summed E-state index contributed by atoms with van der Waals surface area (Å²) in [6, 6.07) is 21.1. The molecule has 0 saturated carbocycles. The minimum Gasteiger partial charge on any atom is -0.507 e. The van der Waals surface area contributed by atoms with Gasteiger partial charge in [0.05, 0.1) is 30.9 Å². The number of para-hydroxylation sites is 1. The maximum atomic E-state index is 13.3. The molecule has 1 atom stereocenters. The van der Waals surface area contributed by atoms with Crippen LogP contribution in [0.3, 0.4) is 0 Å². The molecule has 1 amide bonds. The number of carbonyl (C=O) groups is 2. The van der Waals surface area contributed by atoms with Gasteiger partial charge in [0, 0.05) is 18.5 Å². The average molecular weight is 500 g/mol. The summed E-state index contributed by atoms with van der Waals surface area (Å²) in [5.74, 6) is 0.391. The molecule has 7 nitrogen and oxygen atoms in total. The molecule has 1 fully saturated rings. The van der Waals surface area contributed by atoms with Gasteiger partial charge in [-0.25, -0.2) is 0 Å². The normalized spacial score (nSPS) is 18.2. The Hall–Kier alpha value is -4.10. The summed E-state index contributed by atoms with van der Waals surface area (Å²) >= 11 is 0. The summed E-state index contributed by atoms with van der Waals surface area (Å²) in [6.45, 7) is 4.86. The fraction of sp³-hybridized carbons (Fsp3) is 0.267. The van der Waals surface area contributed by atoms with Crippen LogP contribution in [0, 0.1) is 0 Å². The van der Waals surface area contributed by atoms with E-state index in [4.69, 9.17) is 14.2 Å². The zero-order valence-electron chi connectivity index (χ0n) is 20.8. The van der Waals surface area contributed by atoms with Crippen LogP contribution < -0.4 is 9.47 Å². The zero-order valence-corrected chi connectivity index (χ0v) is 20.8. The summed E-state index contributed by atoms with van der Waals surface area (Å²) in [4.78, 5) is 28.0. The first-order chi connectivity index (χ1) is 17.9. The molecule has 3 aromatic carbocycles. The van der Waals surface area contributed by atoms with E-state index in [-0.39, 0.29) is 30.6 Å². The fourth-order valence-corrected chi connectivity index (χ4v) is 4.71. The minimum absolute atomic E-state index is 0.0218. The molecule has 0 radical (unpaired) electrons. The van der Waals surface area contributed by atoms with E-state index in [0.29, 0.717) is 29.2 Å². The zero-order chi connectivity index (χ0) is 25.9. The second-order valence-corrected chi connectivity index (χ2v) is 9.32. The molecule has 1 N–H and O–H groups in total. The molecular formula is C30H29NO6. The number of likely N-dealkylation sites (tertiary alicyclic amines) is 1. The van der Waals surface area contributed by atoms with Crippen LogP contribution in [-0.2, 0) is 20.7 Å². The summed E-state index contributed by atoms with van der Waals surface area (Å²) in [7, 11) is 0. The summed E-state index contributed by atoms with van der Waals surface area (Å²) in [5, 5.41) is 11.4. The lowest BCUT2D eigenvalue weighted by atomic mass is 9.94. The number of benzene rings is 3.